The Morgan fingerprint density at radius 3 is 2.52 bits per heavy atom. The summed E-state index contributed by atoms with van der Waals surface area (Å²) >= 11 is 1.45. The molecule has 0 radical (unpaired) electrons. The lowest BCUT2D eigenvalue weighted by Crippen LogP contribution is -2.50. The number of hydrogen-bond donors (Lipinski definition) is 0. The second-order valence-electron chi connectivity index (χ2n) is 7.49. The first-order valence-corrected chi connectivity index (χ1v) is 12.6. The molecule has 0 N–H and O–H groups in total. The molecule has 1 amide bonds. The minimum Gasteiger partial charge on any atom is -0.360 e. The molecule has 7 nitrogen and oxygen atoms in total. The standard InChI is InChI=1S/C22H21F2N3O4S2/c1-15-12-17(31-25-15)14-32-20-5-3-2-4-18(20)22(28)26-8-10-27(11-9-26)33(29,30)21-13-16(23)6-7-19(21)24/h2-7,12-13H,8-11,14H2,1H3. The molecule has 11 heteroatoms. The number of carbonyl (C=O) groups is 1. The zero-order chi connectivity index (χ0) is 23.6. The molecule has 0 aliphatic carbocycles. The lowest BCUT2D eigenvalue weighted by molar-refractivity contribution is 0.0694. The van der Waals surface area contributed by atoms with Crippen LogP contribution >= 0.6 is 11.8 Å². The van der Waals surface area contributed by atoms with E-state index in [1.54, 1.807) is 17.0 Å². The van der Waals surface area contributed by atoms with Crippen LogP contribution in [-0.2, 0) is 15.8 Å². The number of piperazine rings is 1. The number of carbonyl (C=O) groups excluding carboxylic acids is 1. The summed E-state index contributed by atoms with van der Waals surface area (Å²) in [6, 6.07) is 11.3. The van der Waals surface area contributed by atoms with Gasteiger partial charge in [0, 0.05) is 37.1 Å². The minimum atomic E-state index is -4.21. The highest BCUT2D eigenvalue weighted by atomic mass is 32.2. The van der Waals surface area contributed by atoms with Crippen LogP contribution in [0.3, 0.4) is 0 Å². The number of halogens is 2. The molecule has 0 unspecified atom stereocenters. The predicted molar refractivity (Wildman–Crippen MR) is 118 cm³/mol. The van der Waals surface area contributed by atoms with Gasteiger partial charge in [0.15, 0.2) is 0 Å². The molecule has 174 valence electrons. The molecule has 0 atom stereocenters. The highest BCUT2D eigenvalue weighted by Gasteiger charge is 2.33. The summed E-state index contributed by atoms with van der Waals surface area (Å²) in [5.74, 6) is -0.860. The lowest BCUT2D eigenvalue weighted by Gasteiger charge is -2.34. The average molecular weight is 494 g/mol. The average Bonchev–Trinajstić information content (AvgIpc) is 3.24. The molecule has 0 spiro atoms. The van der Waals surface area contributed by atoms with Gasteiger partial charge in [-0.15, -0.1) is 11.8 Å². The van der Waals surface area contributed by atoms with E-state index in [1.807, 2.05) is 25.1 Å². The van der Waals surface area contributed by atoms with Gasteiger partial charge in [-0.2, -0.15) is 4.31 Å². The summed E-state index contributed by atoms with van der Waals surface area (Å²) in [6.45, 7) is 2.07. The van der Waals surface area contributed by atoms with Crippen molar-refractivity contribution in [2.45, 2.75) is 22.5 Å². The number of nitrogens with zero attached hydrogens (tertiary/aromatic N) is 3. The molecule has 1 aliphatic heterocycles. The van der Waals surface area contributed by atoms with Crippen molar-refractivity contribution in [3.63, 3.8) is 0 Å². The van der Waals surface area contributed by atoms with Crippen LogP contribution in [0.1, 0.15) is 21.8 Å². The van der Waals surface area contributed by atoms with E-state index in [9.17, 15) is 22.0 Å². The monoisotopic (exact) mass is 493 g/mol. The molecule has 0 bridgehead atoms. The van der Waals surface area contributed by atoms with Crippen LogP contribution in [0, 0.1) is 18.6 Å². The first-order valence-electron chi connectivity index (χ1n) is 10.1. The first-order chi connectivity index (χ1) is 15.8. The number of aromatic nitrogens is 1. The minimum absolute atomic E-state index is 0.0172. The molecule has 1 aromatic heterocycles. The zero-order valence-electron chi connectivity index (χ0n) is 17.7. The van der Waals surface area contributed by atoms with Crippen LogP contribution in [0.5, 0.6) is 0 Å². The summed E-state index contributed by atoms with van der Waals surface area (Å²) in [5, 5.41) is 3.86. The maximum absolute atomic E-state index is 14.0. The van der Waals surface area contributed by atoms with Crippen molar-refractivity contribution < 1.29 is 26.5 Å². The third-order valence-electron chi connectivity index (χ3n) is 5.20. The second kappa shape index (κ2) is 9.62. The third-order valence-corrected chi connectivity index (χ3v) is 8.21. The van der Waals surface area contributed by atoms with Crippen molar-refractivity contribution in [3.8, 4) is 0 Å². The topological polar surface area (TPSA) is 83.7 Å². The van der Waals surface area contributed by atoms with Gasteiger partial charge in [-0.1, -0.05) is 17.3 Å². The van der Waals surface area contributed by atoms with E-state index in [-0.39, 0.29) is 32.1 Å². The van der Waals surface area contributed by atoms with Gasteiger partial charge in [0.25, 0.3) is 5.91 Å². The van der Waals surface area contributed by atoms with Gasteiger partial charge in [-0.25, -0.2) is 17.2 Å². The number of benzene rings is 2. The van der Waals surface area contributed by atoms with Crippen LogP contribution in [0.2, 0.25) is 0 Å². The van der Waals surface area contributed by atoms with Gasteiger partial charge in [-0.05, 0) is 37.3 Å². The molecule has 2 aromatic carbocycles. The molecule has 4 rings (SSSR count). The largest absolute Gasteiger partial charge is 0.360 e. The van der Waals surface area contributed by atoms with Crippen molar-refractivity contribution in [1.82, 2.24) is 14.4 Å². The molecule has 33 heavy (non-hydrogen) atoms. The van der Waals surface area contributed by atoms with Gasteiger partial charge in [-0.3, -0.25) is 4.79 Å². The maximum Gasteiger partial charge on any atom is 0.255 e. The summed E-state index contributed by atoms with van der Waals surface area (Å²) < 4.78 is 59.4. The molecule has 1 aliphatic rings. The van der Waals surface area contributed by atoms with E-state index in [0.29, 0.717) is 23.1 Å². The number of rotatable bonds is 6. The first kappa shape index (κ1) is 23.4. The van der Waals surface area contributed by atoms with Gasteiger partial charge >= 0.3 is 0 Å². The molecule has 0 saturated carbocycles. The summed E-state index contributed by atoms with van der Waals surface area (Å²) in [5.41, 5.74) is 1.28. The molecule has 1 saturated heterocycles. The number of thioether (sulfide) groups is 1. The molecule has 3 aromatic rings. The summed E-state index contributed by atoms with van der Waals surface area (Å²) in [6.07, 6.45) is 0. The Morgan fingerprint density at radius 1 is 1.09 bits per heavy atom. The van der Waals surface area contributed by atoms with Crippen molar-refractivity contribution in [2.24, 2.45) is 0 Å². The number of sulfonamides is 1. The highest BCUT2D eigenvalue weighted by Crippen LogP contribution is 2.28. The fraction of sp³-hybridized carbons (Fsp3) is 0.273. The van der Waals surface area contributed by atoms with Gasteiger partial charge < -0.3 is 9.42 Å². The Balaban J connectivity index is 1.44. The maximum atomic E-state index is 14.0. The molecule has 2 heterocycles. The fourth-order valence-corrected chi connectivity index (χ4v) is 5.94. The van der Waals surface area contributed by atoms with Crippen LogP contribution in [0.25, 0.3) is 0 Å². The van der Waals surface area contributed by atoms with Gasteiger partial charge in [0.2, 0.25) is 10.0 Å². The predicted octanol–water partition coefficient (Wildman–Crippen LogP) is 3.70. The number of aryl methyl sites for hydroxylation is 1. The number of hydrogen-bond acceptors (Lipinski definition) is 6. The van der Waals surface area contributed by atoms with E-state index >= 15 is 0 Å². The van der Waals surface area contributed by atoms with Crippen molar-refractivity contribution in [2.75, 3.05) is 26.2 Å². The SMILES string of the molecule is Cc1cc(CSc2ccccc2C(=O)N2CCN(S(=O)(=O)c3cc(F)ccc3F)CC2)on1. The van der Waals surface area contributed by atoms with E-state index in [4.69, 9.17) is 4.52 Å². The normalized spacial score (nSPS) is 15.1. The summed E-state index contributed by atoms with van der Waals surface area (Å²) in [7, 11) is -4.21. The Bertz CT molecular complexity index is 1270. The Morgan fingerprint density at radius 2 is 1.82 bits per heavy atom. The smallest absolute Gasteiger partial charge is 0.255 e. The number of amides is 1. The van der Waals surface area contributed by atoms with Crippen LogP contribution in [0.15, 0.2) is 62.8 Å². The quantitative estimate of drug-likeness (QED) is 0.487. The fourth-order valence-electron chi connectivity index (χ4n) is 3.52. The van der Waals surface area contributed by atoms with Gasteiger partial charge in [0.1, 0.15) is 22.3 Å². The van der Waals surface area contributed by atoms with Crippen LogP contribution < -0.4 is 0 Å². The molecular formula is C22H21F2N3O4S2. The summed E-state index contributed by atoms with van der Waals surface area (Å²) in [4.78, 5) is 14.8. The van der Waals surface area contributed by atoms with Gasteiger partial charge in [0.05, 0.1) is 17.0 Å². The highest BCUT2D eigenvalue weighted by molar-refractivity contribution is 7.98. The molecular weight excluding hydrogens is 472 g/mol. The van der Waals surface area contributed by atoms with E-state index in [1.165, 1.54) is 11.8 Å². The van der Waals surface area contributed by atoms with Crippen molar-refractivity contribution in [3.05, 3.63) is 77.2 Å². The Hall–Kier alpha value is -2.76. The third kappa shape index (κ3) is 5.10. The van der Waals surface area contributed by atoms with E-state index < -0.39 is 26.6 Å². The van der Waals surface area contributed by atoms with E-state index in [0.717, 1.165) is 27.0 Å². The Kier molecular flexibility index (Phi) is 6.82. The second-order valence-corrected chi connectivity index (χ2v) is 10.4. The van der Waals surface area contributed by atoms with Crippen LogP contribution in [0.4, 0.5) is 8.78 Å². The van der Waals surface area contributed by atoms with Crippen LogP contribution in [-0.4, -0.2) is 54.9 Å². The Labute approximate surface area is 194 Å². The zero-order valence-corrected chi connectivity index (χ0v) is 19.3. The van der Waals surface area contributed by atoms with E-state index in [2.05, 4.69) is 5.16 Å². The van der Waals surface area contributed by atoms with Crippen molar-refractivity contribution >= 4 is 27.7 Å². The van der Waals surface area contributed by atoms with Crippen molar-refractivity contribution in [1.29, 1.82) is 0 Å². The lowest BCUT2D eigenvalue weighted by atomic mass is 10.2. The molecule has 1 fully saturated rings.